The molecule has 3 aliphatic carbocycles. The minimum absolute atomic E-state index is 0.0137. The fourth-order valence-electron chi connectivity index (χ4n) is 12.9. The summed E-state index contributed by atoms with van der Waals surface area (Å²) >= 11 is 1.44. The summed E-state index contributed by atoms with van der Waals surface area (Å²) in [5, 5.41) is 8.69. The van der Waals surface area contributed by atoms with Gasteiger partial charge in [0.1, 0.15) is 18.1 Å². The van der Waals surface area contributed by atoms with Crippen molar-refractivity contribution < 1.29 is 28.6 Å². The van der Waals surface area contributed by atoms with Crippen molar-refractivity contribution in [2.24, 2.45) is 35.5 Å². The van der Waals surface area contributed by atoms with Gasteiger partial charge in [-0.05, 0) is 149 Å². The van der Waals surface area contributed by atoms with Crippen LogP contribution in [0.1, 0.15) is 103 Å². The third-order valence-corrected chi connectivity index (χ3v) is 27.7. The van der Waals surface area contributed by atoms with E-state index in [4.69, 9.17) is 14.2 Å². The molecule has 9 nitrogen and oxygen atoms in total. The van der Waals surface area contributed by atoms with Crippen molar-refractivity contribution in [3.05, 3.63) is 161 Å². The van der Waals surface area contributed by atoms with Gasteiger partial charge in [-0.15, -0.1) is 22.7 Å². The normalized spacial score (nSPS) is 24.6. The number of rotatable bonds is 11. The van der Waals surface area contributed by atoms with E-state index in [1.807, 2.05) is 39.0 Å². The summed E-state index contributed by atoms with van der Waals surface area (Å²) < 4.78 is 20.4. The molecule has 12 heteroatoms. The number of nitrogens with zero attached hydrogens (tertiary/aromatic N) is 2. The second-order valence-corrected chi connectivity index (χ2v) is 32.0. The Morgan fingerprint density at radius 3 is 1.36 bits per heavy atom. The van der Waals surface area contributed by atoms with Crippen molar-refractivity contribution >= 4 is 82.8 Å². The first-order valence-corrected chi connectivity index (χ1v) is 36.1. The standard InChI is InChI=1S/C17H23NO2.C15H21NO2S.C11H19NO2.3C6H5.C5H6S.Bi/c1-2-20-17(19)16-15-11-7-6-8-13(15)12-18(16)14-9-4-3-5-10-14;1-2-18-15(17)14-12-7-4-3-6-11(12)10-16(14)13-8-5-9-19-13;1-2-14-11(13)10-9-6-4-3-5-8(9)7-12-10;3*1-2-4-6-5-3-1;1-5-3-2-4-6-5;/h3-5,9-10,13,15-16H,2,6-8,11-12H2,1H3;5,8-9,11-12,14H,2-4,6-7,10H2,1H3;8-10,12H,2-7H2,1H3;3*1-5H;2-4H,1H3;/t13-,15-,16+;11-,12-,14+;8-,9-,10+;;;;;/m000...../s1. The SMILES string of the molecule is CCOC(=O)[C@@H]1NC[C@@H]2CCCC[C@@H]21.CCOC(=O)[C@H]1[C@H]2CCCC[C@H]2CN1c1ccccc1.CCOC(=O)[C@H]1[C@H]2CCCC[C@H]2CN1c1cccs1.Cc1cccs1.c1cc[c]([Bi]([c]2ccccc2)[c]2ccccc2)cc1. The van der Waals surface area contributed by atoms with Gasteiger partial charge in [0.25, 0.3) is 0 Å². The number of nitrogens with one attached hydrogen (secondary N) is 1. The Morgan fingerprint density at radius 1 is 0.487 bits per heavy atom. The van der Waals surface area contributed by atoms with Crippen LogP contribution in [0.25, 0.3) is 0 Å². The van der Waals surface area contributed by atoms with Gasteiger partial charge in [-0.3, -0.25) is 4.79 Å². The van der Waals surface area contributed by atoms with Gasteiger partial charge in [-0.1, -0.05) is 62.8 Å². The van der Waals surface area contributed by atoms with Gasteiger partial charge in [-0.25, -0.2) is 9.59 Å². The van der Waals surface area contributed by atoms with Crippen LogP contribution in [0, 0.1) is 42.4 Å². The molecule has 0 unspecified atom stereocenters. The number of carbonyl (C=O) groups excluding carboxylic acids is 3. The second-order valence-electron chi connectivity index (χ2n) is 21.3. The molecular weight excluding hydrogens is 1200 g/mol. The first-order chi connectivity index (χ1) is 38.3. The van der Waals surface area contributed by atoms with E-state index in [0.29, 0.717) is 49.4 Å². The van der Waals surface area contributed by atoms with Gasteiger partial charge < -0.3 is 29.3 Å². The van der Waals surface area contributed by atoms with Crippen LogP contribution in [0.3, 0.4) is 0 Å². The summed E-state index contributed by atoms with van der Waals surface area (Å²) in [5.41, 5.74) is 1.15. The zero-order valence-electron chi connectivity index (χ0n) is 46.5. The van der Waals surface area contributed by atoms with Crippen molar-refractivity contribution in [3.8, 4) is 0 Å². The van der Waals surface area contributed by atoms with Gasteiger partial charge in [0.15, 0.2) is 0 Å². The third kappa shape index (κ3) is 15.9. The van der Waals surface area contributed by atoms with Gasteiger partial charge in [0, 0.05) is 23.7 Å². The number of anilines is 2. The molecule has 1 N–H and O–H groups in total. The summed E-state index contributed by atoms with van der Waals surface area (Å²) in [6, 6.07) is 51.5. The van der Waals surface area contributed by atoms with E-state index in [1.54, 1.807) is 22.7 Å². The van der Waals surface area contributed by atoms with Crippen LogP contribution in [0.4, 0.5) is 10.7 Å². The molecule has 6 fully saturated rings. The van der Waals surface area contributed by atoms with Crippen molar-refractivity contribution in [2.45, 2.75) is 123 Å². The Hall–Kier alpha value is -4.87. The molecule has 0 bridgehead atoms. The van der Waals surface area contributed by atoms with Crippen molar-refractivity contribution in [2.75, 3.05) is 49.3 Å². The fraction of sp³-hybridized carbons (Fsp3) is 0.470. The summed E-state index contributed by atoms with van der Waals surface area (Å²) in [6.07, 6.45) is 15.1. The summed E-state index contributed by atoms with van der Waals surface area (Å²) in [4.78, 5) is 42.3. The van der Waals surface area contributed by atoms with Crippen LogP contribution >= 0.6 is 22.7 Å². The summed E-state index contributed by atoms with van der Waals surface area (Å²) in [5.74, 6) is 3.46. The van der Waals surface area contributed by atoms with E-state index in [-0.39, 0.29) is 36.0 Å². The zero-order valence-corrected chi connectivity index (χ0v) is 51.7. The van der Waals surface area contributed by atoms with E-state index in [9.17, 15) is 14.4 Å². The van der Waals surface area contributed by atoms with Gasteiger partial charge in [-0.2, -0.15) is 0 Å². The predicted molar refractivity (Wildman–Crippen MR) is 324 cm³/mol. The van der Waals surface area contributed by atoms with E-state index in [2.05, 4.69) is 160 Å². The topological polar surface area (TPSA) is 97.4 Å². The van der Waals surface area contributed by atoms with E-state index < -0.39 is 21.8 Å². The van der Waals surface area contributed by atoms with E-state index >= 15 is 0 Å². The Morgan fingerprint density at radius 2 is 0.910 bits per heavy atom. The van der Waals surface area contributed by atoms with Crippen LogP contribution in [-0.2, 0) is 28.6 Å². The average Bonchev–Trinajstić information content (AvgIpc) is 4.47. The Kier molecular flexibility index (Phi) is 23.7. The van der Waals surface area contributed by atoms with Gasteiger partial charge >= 0.3 is 140 Å². The summed E-state index contributed by atoms with van der Waals surface area (Å²) in [6.45, 7) is 12.2. The molecule has 9 atom stereocenters. The first-order valence-electron chi connectivity index (χ1n) is 29.1. The predicted octanol–water partition coefficient (Wildman–Crippen LogP) is 12.1. The number of carbonyl (C=O) groups is 3. The molecule has 416 valence electrons. The zero-order chi connectivity index (χ0) is 54.5. The minimum atomic E-state index is -2.06. The van der Waals surface area contributed by atoms with Crippen molar-refractivity contribution in [1.82, 2.24) is 5.32 Å². The van der Waals surface area contributed by atoms with Crippen molar-refractivity contribution in [3.63, 3.8) is 0 Å². The number of esters is 3. The number of para-hydroxylation sites is 1. The maximum atomic E-state index is 12.4. The number of benzene rings is 4. The van der Waals surface area contributed by atoms with Crippen LogP contribution in [0.5, 0.6) is 0 Å². The number of aryl methyl sites for hydroxylation is 1. The fourth-order valence-corrected chi connectivity index (χ4v) is 23.2. The molecule has 0 radical (unpaired) electrons. The molecule has 0 amide bonds. The number of ether oxygens (including phenoxy) is 3. The van der Waals surface area contributed by atoms with Crippen LogP contribution in [0.2, 0.25) is 0 Å². The third-order valence-electron chi connectivity index (χ3n) is 16.5. The molecule has 2 aromatic heterocycles. The number of hydrogen-bond acceptors (Lipinski definition) is 11. The molecule has 6 aliphatic rings. The van der Waals surface area contributed by atoms with Crippen LogP contribution < -0.4 is 24.9 Å². The molecule has 3 aliphatic heterocycles. The molecule has 6 aromatic rings. The molecule has 4 aromatic carbocycles. The molecule has 78 heavy (non-hydrogen) atoms. The molecule has 12 rings (SSSR count). The number of thiophene rings is 2. The van der Waals surface area contributed by atoms with Crippen LogP contribution in [0.15, 0.2) is 156 Å². The molecule has 3 saturated carbocycles. The Labute approximate surface area is 482 Å². The Balaban J connectivity index is 0.000000133. The maximum absolute atomic E-state index is 12.4. The van der Waals surface area contributed by atoms with Gasteiger partial charge in [0.2, 0.25) is 0 Å². The van der Waals surface area contributed by atoms with Crippen molar-refractivity contribution in [1.29, 1.82) is 0 Å². The molecular formula is C66H84BiN3O6S2. The second kappa shape index (κ2) is 31.2. The molecule has 5 heterocycles. The van der Waals surface area contributed by atoms with Crippen LogP contribution in [-0.4, -0.2) is 97.2 Å². The quantitative estimate of drug-likeness (QED) is 0.0773. The average molecular weight is 1290 g/mol. The first kappa shape index (κ1) is 59.3. The molecule has 3 saturated heterocycles. The number of hydrogen-bond donors (Lipinski definition) is 1. The molecule has 0 spiro atoms. The Bertz CT molecular complexity index is 2550. The van der Waals surface area contributed by atoms with E-state index in [1.165, 1.54) is 90.3 Å². The number of fused-ring (bicyclic) bond motifs is 3. The van der Waals surface area contributed by atoms with Gasteiger partial charge in [0.05, 0.1) is 24.8 Å². The monoisotopic (exact) mass is 1290 g/mol. The summed E-state index contributed by atoms with van der Waals surface area (Å²) in [7, 11) is 0. The van der Waals surface area contributed by atoms with E-state index in [0.717, 1.165) is 37.7 Å².